The van der Waals surface area contributed by atoms with Crippen LogP contribution in [0.4, 0.5) is 22.7 Å². The second-order valence-corrected chi connectivity index (χ2v) is 43.4. The first-order chi connectivity index (χ1) is 65.6. The van der Waals surface area contributed by atoms with Crippen LogP contribution in [0.1, 0.15) is 157 Å². The number of likely N-dealkylation sites (tertiary alicyclic amines) is 1. The van der Waals surface area contributed by atoms with Crippen LogP contribution >= 0.6 is 48.0 Å². The van der Waals surface area contributed by atoms with Crippen LogP contribution in [0.25, 0.3) is 21.5 Å². The zero-order chi connectivity index (χ0) is 104. The number of rotatable bonds is 28. The van der Waals surface area contributed by atoms with Gasteiger partial charge in [0.2, 0.25) is 55.3 Å². The standard InChI is InChI=1S/C37H41ClN6O7S.C24H27ClN4O6S.2C13H16N2O2.C7H6N2.C6H10O3.2ClH/c1-6-22-17-37(22,35(47)43-52(48,49)26-11-12-26)42-32(45)29-16-25(51-33-28-15-23(38)10-13-27(28)30(50-5)19-40-33)20-44(29)34(46)31(36(2,3)4)41-24-9-7-8-21(14-24)18-39;1-3-13-10-24(13,23(31)29-36(32,33)16-5-6-16)28-21(30)19-9-15(11-26-19)35-22-18-8-14(25)4-7-17(18)20(34-2)12-27-22;2*1-13(2,3)11(12(16)17)15-10-6-4-5-9(7-10)8-14;8-5-6-2-1-3-7(9)4-6;1-6(2,3)4(7)5(8)9;;/h6-10,13-15,19,22,25-26,29,31,41H,1,11-12,16-17,20H2,2-5H3,(H,42,45)(H,43,47);3-4,7-8,12-13,15-16,19,26H,1,5-6,9-11H2,2H3,(H,28,30)(H,29,31);2*4-7,11,15H,1-3H3,(H,16,17);1-4H,9H2;1-3H3,(H,8,9);2*1H/t22-,25-,29+,31?,37-;13-,15-,19+,24-;;;;;;/m11....../s1. The largest absolute Gasteiger partial charge is 0.494 e. The van der Waals surface area contributed by atoms with Gasteiger partial charge in [0.15, 0.2) is 0 Å². The summed E-state index contributed by atoms with van der Waals surface area (Å²) in [4.78, 5) is 122. The van der Waals surface area contributed by atoms with Crippen molar-refractivity contribution in [3.05, 3.63) is 203 Å². The van der Waals surface area contributed by atoms with Gasteiger partial charge in [-0.25, -0.2) is 41.2 Å². The number of pyridine rings is 2. The molecule has 8 aromatic rings. The number of anilines is 4. The number of aliphatic carboxylic acids is 3. The molecule has 3 unspecified atom stereocenters. The number of carbonyl (C=O) groups is 9. The second kappa shape index (κ2) is 48.3. The summed E-state index contributed by atoms with van der Waals surface area (Å²) in [6, 6.07) is 41.9. The lowest BCUT2D eigenvalue weighted by Gasteiger charge is -2.36. The number of aromatic nitrogens is 2. The van der Waals surface area contributed by atoms with Crippen molar-refractivity contribution in [3.8, 4) is 47.5 Å². The molecule has 4 aliphatic carbocycles. The van der Waals surface area contributed by atoms with Crippen LogP contribution in [0.5, 0.6) is 23.3 Å². The maximum atomic E-state index is 14.6. The SMILES string of the molecule is C=C[C@@H]1C[C@]1(NC(=O)[C@@H]1C[C@@H](Oc2ncc(OC)c3ccc(Cl)cc23)CN1)C(=O)NS(=O)(=O)C1CC1.C=C[C@@H]1C[C@]1(NC(=O)[C@@H]1C[C@@H](Oc2ncc(OC)c3ccc(Cl)cc23)CN1C(=O)C(Nc1cccc(C#N)c1)C(C)(C)C)C(=O)NS(=O)(=O)C1CC1.CC(C)(C)C(=O)C(=O)O.CC(C)(C)C(Nc1cccc(C#N)c1)C(=O)O.CC(C)(C)C(Nc1cccc(C#N)c1)C(=O)O.Cl.Cl.N#Cc1cccc(N)c1. The number of fused-ring (bicyclic) bond motifs is 2. The third-order valence-corrected chi connectivity index (χ3v) is 27.5. The van der Waals surface area contributed by atoms with E-state index in [0.717, 1.165) is 5.39 Å². The first-order valence-corrected chi connectivity index (χ1v) is 48.4. The summed E-state index contributed by atoms with van der Waals surface area (Å²) < 4.78 is 77.6. The molecule has 2 saturated heterocycles. The van der Waals surface area contributed by atoms with E-state index in [1.165, 1.54) is 24.3 Å². The van der Waals surface area contributed by atoms with Gasteiger partial charge in [-0.05, 0) is 164 Å². The van der Waals surface area contributed by atoms with Gasteiger partial charge in [0.05, 0.1) is 96.2 Å². The Labute approximate surface area is 847 Å². The van der Waals surface area contributed by atoms with Crippen LogP contribution in [0, 0.1) is 78.8 Å². The molecule has 6 aromatic carbocycles. The Morgan fingerprint density at radius 2 is 0.901 bits per heavy atom. The highest BCUT2D eigenvalue weighted by atomic mass is 35.5. The summed E-state index contributed by atoms with van der Waals surface area (Å²) >= 11 is 12.5. The molecule has 2 aliphatic heterocycles. The highest BCUT2D eigenvalue weighted by molar-refractivity contribution is 7.91. The smallest absolute Gasteiger partial charge is 0.372 e. The Morgan fingerprint density at radius 1 is 0.528 bits per heavy atom. The molecule has 142 heavy (non-hydrogen) atoms. The number of hydrogen-bond donors (Lipinski definition) is 12. The maximum absolute atomic E-state index is 14.6. The number of amides is 5. The monoisotopic (exact) mass is 2070 g/mol. The third-order valence-electron chi connectivity index (χ3n) is 23.4. The highest BCUT2D eigenvalue weighted by Gasteiger charge is 2.63. The van der Waals surface area contributed by atoms with Crippen molar-refractivity contribution in [3.63, 3.8) is 0 Å². The lowest BCUT2D eigenvalue weighted by molar-refractivity contribution is -0.152. The van der Waals surface area contributed by atoms with Gasteiger partial charge >= 0.3 is 17.9 Å². The minimum atomic E-state index is -3.90. The molecule has 14 rings (SSSR count). The molecule has 11 atom stereocenters. The average Bonchev–Trinajstić information content (AvgIpc) is 1.56. The second-order valence-electron chi connectivity index (χ2n) is 38.6. The number of nitriles is 4. The molecule has 0 bridgehead atoms. The number of nitrogens with two attached hydrogens (primary N) is 1. The molecule has 0 spiro atoms. The van der Waals surface area contributed by atoms with Crippen molar-refractivity contribution < 1.29 is 94.3 Å². The summed E-state index contributed by atoms with van der Waals surface area (Å²) in [5.74, 6) is -6.09. The van der Waals surface area contributed by atoms with E-state index in [-0.39, 0.29) is 62.1 Å². The number of carboxylic acids is 3. The molecular weight excluding hydrogens is 1950 g/mol. The fourth-order valence-electron chi connectivity index (χ4n) is 15.1. The Bertz CT molecular complexity index is 6390. The minimum absolute atomic E-state index is 0. The molecule has 0 radical (unpaired) electrons. The number of carboxylic acid groups (broad SMARTS) is 3. The van der Waals surface area contributed by atoms with Gasteiger partial charge in [-0.15, -0.1) is 38.0 Å². The van der Waals surface area contributed by atoms with Crippen LogP contribution in [-0.2, 0) is 63.2 Å². The molecule has 13 N–H and O–H groups in total. The zero-order valence-electron chi connectivity index (χ0n) is 80.7. The van der Waals surface area contributed by atoms with Crippen LogP contribution in [0.3, 0.4) is 0 Å². The number of nitrogens with zero attached hydrogens (tertiary/aromatic N) is 7. The molecule has 5 amide bonds. The van der Waals surface area contributed by atoms with Gasteiger partial charge in [-0.1, -0.05) is 143 Å². The van der Waals surface area contributed by atoms with Gasteiger partial charge in [0.25, 0.3) is 11.8 Å². The van der Waals surface area contributed by atoms with Crippen LogP contribution in [-0.4, -0.2) is 192 Å². The predicted octanol–water partition coefficient (Wildman–Crippen LogP) is 13.6. The van der Waals surface area contributed by atoms with Crippen molar-refractivity contribution in [2.24, 2.45) is 33.5 Å². The van der Waals surface area contributed by atoms with Crippen LogP contribution in [0.2, 0.25) is 10.0 Å². The first kappa shape index (κ1) is 115. The fourth-order valence-corrected chi connectivity index (χ4v) is 18.2. The molecule has 42 heteroatoms. The average molecular weight is 2070 g/mol. The first-order valence-electron chi connectivity index (χ1n) is 44.6. The van der Waals surface area contributed by atoms with Crippen molar-refractivity contribution in [1.82, 2.24) is 40.3 Å². The minimum Gasteiger partial charge on any atom is -0.494 e. The molecule has 2 aromatic heterocycles. The van der Waals surface area contributed by atoms with E-state index in [2.05, 4.69) is 70.5 Å². The van der Waals surface area contributed by atoms with Crippen molar-refractivity contribution in [1.29, 1.82) is 21.0 Å². The van der Waals surface area contributed by atoms with E-state index < -0.39 is 159 Å². The van der Waals surface area contributed by atoms with Crippen molar-refractivity contribution >= 4 is 166 Å². The van der Waals surface area contributed by atoms with E-state index in [1.807, 2.05) is 86.6 Å². The lowest BCUT2D eigenvalue weighted by Crippen LogP contribution is -2.58. The number of hydrogen-bond acceptors (Lipinski definition) is 28. The Morgan fingerprint density at radius 3 is 1.23 bits per heavy atom. The number of Topliss-reactive ketones (excluding diaryl/α,β-unsaturated/α-hetero) is 1. The number of ketones is 1. The summed E-state index contributed by atoms with van der Waals surface area (Å²) in [6.07, 6.45) is 7.86. The fraction of sp³-hybridized carbons (Fsp3) is 0.410. The van der Waals surface area contributed by atoms with Gasteiger partial charge in [0.1, 0.15) is 59.0 Å². The van der Waals surface area contributed by atoms with E-state index in [4.69, 9.17) is 79.0 Å². The number of nitrogen functional groups attached to an aromatic ring is 1. The van der Waals surface area contributed by atoms with E-state index in [9.17, 15) is 65.2 Å². The van der Waals surface area contributed by atoms with Gasteiger partial charge in [-0.2, -0.15) is 21.0 Å². The highest BCUT2D eigenvalue weighted by Crippen LogP contribution is 2.48. The molecule has 4 saturated carbocycles. The Balaban J connectivity index is 0.000000261. The predicted molar refractivity (Wildman–Crippen MR) is 542 cm³/mol. The summed E-state index contributed by atoms with van der Waals surface area (Å²) in [6.45, 7) is 29.3. The number of methoxy groups -OCH3 is 2. The number of sulfonamides is 2. The van der Waals surface area contributed by atoms with E-state index >= 15 is 0 Å². The van der Waals surface area contributed by atoms with Crippen LogP contribution in [0.15, 0.2) is 171 Å². The Kier molecular flexibility index (Phi) is 39.2. The van der Waals surface area contributed by atoms with Gasteiger partial charge in [-0.3, -0.25) is 38.2 Å². The third kappa shape index (κ3) is 30.5. The molecule has 4 heterocycles. The van der Waals surface area contributed by atoms with Crippen molar-refractivity contribution in [2.75, 3.05) is 49.0 Å². The number of carbonyl (C=O) groups excluding carboxylic acids is 6. The Hall–Kier alpha value is -13.6. The molecule has 6 aliphatic rings. The molecule has 36 nitrogen and oxygen atoms in total. The quantitative estimate of drug-likeness (QED) is 0.0123. The summed E-state index contributed by atoms with van der Waals surface area (Å²) in [5, 5.41) is 82.3. The van der Waals surface area contributed by atoms with Gasteiger partial charge in [0, 0.05) is 91.0 Å². The maximum Gasteiger partial charge on any atom is 0.372 e. The summed E-state index contributed by atoms with van der Waals surface area (Å²) in [5.41, 5.74) is 4.78. The normalized spacial score (nSPS) is 19.7. The number of benzene rings is 6. The van der Waals surface area contributed by atoms with Crippen LogP contribution < -0.4 is 66.0 Å². The van der Waals surface area contributed by atoms with E-state index in [0.29, 0.717) is 134 Å². The molecule has 6 fully saturated rings. The molecule has 758 valence electrons. The summed E-state index contributed by atoms with van der Waals surface area (Å²) in [7, 11) is -4.55. The lowest BCUT2D eigenvalue weighted by atomic mass is 9.85. The van der Waals surface area contributed by atoms with E-state index in [1.54, 1.807) is 168 Å². The molecular formula is C100H118Cl4N16O20S2. The topological polar surface area (TPSA) is 566 Å². The number of nitrogens with one attached hydrogen (secondary N) is 8. The number of halogens is 4. The van der Waals surface area contributed by atoms with Crippen molar-refractivity contribution in [2.45, 2.75) is 198 Å². The van der Waals surface area contributed by atoms with Gasteiger partial charge < -0.3 is 76.8 Å². The zero-order valence-corrected chi connectivity index (χ0v) is 85.5. The number of ether oxygens (including phenoxy) is 4.